The van der Waals surface area contributed by atoms with Gasteiger partial charge < -0.3 is 15.1 Å². The van der Waals surface area contributed by atoms with Gasteiger partial charge in [-0.1, -0.05) is 18.2 Å². The van der Waals surface area contributed by atoms with Crippen LogP contribution in [0.2, 0.25) is 0 Å². The minimum atomic E-state index is -3.39. The summed E-state index contributed by atoms with van der Waals surface area (Å²) >= 11 is 0. The fourth-order valence-corrected chi connectivity index (χ4v) is 4.43. The maximum absolute atomic E-state index is 12.7. The van der Waals surface area contributed by atoms with Crippen molar-refractivity contribution < 1.29 is 12.8 Å². The van der Waals surface area contributed by atoms with Crippen molar-refractivity contribution in [3.8, 4) is 0 Å². The quantitative estimate of drug-likeness (QED) is 0.570. The lowest BCUT2D eigenvalue weighted by Gasteiger charge is -2.20. The minimum Gasteiger partial charge on any atom is -0.444 e. The molecule has 9 heteroatoms. The summed E-state index contributed by atoms with van der Waals surface area (Å²) in [5.74, 6) is 1.83. The van der Waals surface area contributed by atoms with Crippen molar-refractivity contribution >= 4 is 21.7 Å². The average molecular weight is 391 g/mol. The Morgan fingerprint density at radius 3 is 2.78 bits per heavy atom. The van der Waals surface area contributed by atoms with Crippen LogP contribution in [0.15, 0.2) is 33.7 Å². The van der Waals surface area contributed by atoms with E-state index in [2.05, 4.69) is 20.6 Å². The molecule has 3 rings (SSSR count). The number of oxazole rings is 1. The molecular weight excluding hydrogens is 366 g/mol. The summed E-state index contributed by atoms with van der Waals surface area (Å²) in [6.07, 6.45) is 0.751. The number of sulfonamides is 1. The Hall–Kier alpha value is -2.55. The summed E-state index contributed by atoms with van der Waals surface area (Å²) in [5, 5.41) is 6.10. The fourth-order valence-electron chi connectivity index (χ4n) is 3.00. The van der Waals surface area contributed by atoms with Crippen LogP contribution in [0.5, 0.6) is 0 Å². The Bertz CT molecular complexity index is 917. The third-order valence-corrected chi connectivity index (χ3v) is 6.31. The van der Waals surface area contributed by atoms with Gasteiger partial charge in [-0.15, -0.1) is 0 Å². The van der Waals surface area contributed by atoms with E-state index in [-0.39, 0.29) is 12.3 Å². The fraction of sp³-hybridized carbons (Fsp3) is 0.444. The zero-order chi connectivity index (χ0) is 19.4. The smallest absolute Gasteiger partial charge is 0.236 e. The van der Waals surface area contributed by atoms with E-state index in [1.54, 1.807) is 7.05 Å². The first-order valence-electron chi connectivity index (χ1n) is 8.86. The molecule has 1 aliphatic rings. The zero-order valence-electron chi connectivity index (χ0n) is 15.8. The second-order valence-corrected chi connectivity index (χ2v) is 8.38. The monoisotopic (exact) mass is 391 g/mol. The number of hydrogen-bond donors (Lipinski definition) is 2. The van der Waals surface area contributed by atoms with Crippen LogP contribution in [0.3, 0.4) is 0 Å². The number of nitrogens with one attached hydrogen (secondary N) is 2. The molecule has 0 saturated heterocycles. The number of nitrogens with zero attached hydrogens (tertiary/aromatic N) is 3. The van der Waals surface area contributed by atoms with Crippen molar-refractivity contribution in [2.24, 2.45) is 4.99 Å². The molecule has 8 nitrogen and oxygen atoms in total. The lowest BCUT2D eigenvalue weighted by atomic mass is 10.2. The predicted octanol–water partition coefficient (Wildman–Crippen LogP) is 1.35. The van der Waals surface area contributed by atoms with E-state index in [1.807, 2.05) is 38.1 Å². The molecule has 1 aromatic heterocycles. The summed E-state index contributed by atoms with van der Waals surface area (Å²) in [6.45, 7) is 4.87. The molecule has 0 spiro atoms. The van der Waals surface area contributed by atoms with Gasteiger partial charge in [-0.25, -0.2) is 13.4 Å². The normalized spacial score (nSPS) is 14.3. The first kappa shape index (κ1) is 19.2. The summed E-state index contributed by atoms with van der Waals surface area (Å²) in [5.41, 5.74) is 2.71. The van der Waals surface area contributed by atoms with Crippen LogP contribution in [0.1, 0.15) is 22.9 Å². The van der Waals surface area contributed by atoms with Crippen molar-refractivity contribution in [3.05, 3.63) is 47.2 Å². The molecule has 1 aliphatic heterocycles. The van der Waals surface area contributed by atoms with Gasteiger partial charge in [0, 0.05) is 20.1 Å². The molecule has 0 fully saturated rings. The third-order valence-electron chi connectivity index (χ3n) is 4.54. The highest BCUT2D eigenvalue weighted by molar-refractivity contribution is 7.92. The van der Waals surface area contributed by atoms with Gasteiger partial charge in [-0.3, -0.25) is 9.30 Å². The van der Waals surface area contributed by atoms with E-state index in [0.29, 0.717) is 24.9 Å². The topological polar surface area (TPSA) is 99.8 Å². The summed E-state index contributed by atoms with van der Waals surface area (Å²) in [4.78, 5) is 8.40. The van der Waals surface area contributed by atoms with Gasteiger partial charge in [0.2, 0.25) is 15.9 Å². The molecule has 0 atom stereocenters. The summed E-state index contributed by atoms with van der Waals surface area (Å²) < 4.78 is 32.4. The van der Waals surface area contributed by atoms with Crippen LogP contribution in [0.25, 0.3) is 0 Å². The van der Waals surface area contributed by atoms with Crippen molar-refractivity contribution in [1.29, 1.82) is 0 Å². The second kappa shape index (κ2) is 7.99. The highest BCUT2D eigenvalue weighted by Gasteiger charge is 2.28. The number of aryl methyl sites for hydroxylation is 2. The van der Waals surface area contributed by atoms with Gasteiger partial charge >= 0.3 is 0 Å². The van der Waals surface area contributed by atoms with E-state index in [1.165, 1.54) is 4.31 Å². The van der Waals surface area contributed by atoms with Crippen LogP contribution in [-0.4, -0.2) is 45.3 Å². The number of fused-ring (bicyclic) bond motifs is 1. The molecule has 1 aromatic carbocycles. The Labute approximate surface area is 159 Å². The van der Waals surface area contributed by atoms with Gasteiger partial charge in [-0.2, -0.15) is 0 Å². The van der Waals surface area contributed by atoms with Crippen molar-refractivity contribution in [3.63, 3.8) is 0 Å². The number of para-hydroxylation sites is 1. The molecule has 0 amide bonds. The molecule has 146 valence electrons. The van der Waals surface area contributed by atoms with E-state index >= 15 is 0 Å². The molecule has 2 heterocycles. The minimum absolute atomic E-state index is 0.0146. The van der Waals surface area contributed by atoms with Crippen LogP contribution >= 0.6 is 0 Å². The third kappa shape index (κ3) is 4.41. The highest BCUT2D eigenvalue weighted by atomic mass is 32.2. The molecular formula is C18H25N5O3S. The largest absolute Gasteiger partial charge is 0.444 e. The number of rotatable bonds is 6. The molecule has 0 bridgehead atoms. The number of guanidine groups is 1. The predicted molar refractivity (Wildman–Crippen MR) is 105 cm³/mol. The highest BCUT2D eigenvalue weighted by Crippen LogP contribution is 2.29. The lowest BCUT2D eigenvalue weighted by Crippen LogP contribution is -2.41. The first-order valence-corrected chi connectivity index (χ1v) is 10.5. The number of aliphatic imine (C=N–C) groups is 1. The van der Waals surface area contributed by atoms with E-state index in [9.17, 15) is 8.42 Å². The molecule has 0 unspecified atom stereocenters. The van der Waals surface area contributed by atoms with Gasteiger partial charge in [0.25, 0.3) is 0 Å². The lowest BCUT2D eigenvalue weighted by molar-refractivity contribution is 0.464. The zero-order valence-corrected chi connectivity index (χ0v) is 16.6. The summed E-state index contributed by atoms with van der Waals surface area (Å²) in [7, 11) is -1.76. The number of hydrogen-bond acceptors (Lipinski definition) is 5. The first-order chi connectivity index (χ1) is 12.9. The second-order valence-electron chi connectivity index (χ2n) is 6.37. The van der Waals surface area contributed by atoms with Gasteiger partial charge in [0.15, 0.2) is 5.96 Å². The SMILES string of the molecule is CN=C(NCCS(=O)(=O)N1CCc2ccccc21)NCc1nc(C)c(C)o1. The van der Waals surface area contributed by atoms with Crippen LogP contribution in [0, 0.1) is 13.8 Å². The Balaban J connectivity index is 1.52. The molecule has 2 N–H and O–H groups in total. The van der Waals surface area contributed by atoms with E-state index in [4.69, 9.17) is 4.42 Å². The molecule has 0 saturated carbocycles. The standard InChI is InChI=1S/C18H25N5O3S/c1-13-14(2)26-17(22-13)12-21-18(19-3)20-9-11-27(24,25)23-10-8-15-6-4-5-7-16(15)23/h4-7H,8-12H2,1-3H3,(H2,19,20,21). The maximum atomic E-state index is 12.7. The maximum Gasteiger partial charge on any atom is 0.236 e. The molecule has 27 heavy (non-hydrogen) atoms. The average Bonchev–Trinajstić information content (AvgIpc) is 3.21. The van der Waals surface area contributed by atoms with Gasteiger partial charge in [0.1, 0.15) is 5.76 Å². The van der Waals surface area contributed by atoms with Crippen molar-refractivity contribution in [2.45, 2.75) is 26.8 Å². The van der Waals surface area contributed by atoms with Crippen molar-refractivity contribution in [2.75, 3.05) is 30.2 Å². The number of aromatic nitrogens is 1. The van der Waals surface area contributed by atoms with Gasteiger partial charge in [0.05, 0.1) is 23.7 Å². The Morgan fingerprint density at radius 1 is 1.30 bits per heavy atom. The van der Waals surface area contributed by atoms with Gasteiger partial charge in [-0.05, 0) is 31.9 Å². The summed E-state index contributed by atoms with van der Waals surface area (Å²) in [6, 6.07) is 7.63. The van der Waals surface area contributed by atoms with Crippen molar-refractivity contribution in [1.82, 2.24) is 15.6 Å². The molecule has 2 aromatic rings. The Morgan fingerprint density at radius 2 is 2.07 bits per heavy atom. The van der Waals surface area contributed by atoms with Crippen LogP contribution in [0.4, 0.5) is 5.69 Å². The van der Waals surface area contributed by atoms with E-state index < -0.39 is 10.0 Å². The Kier molecular flexibility index (Phi) is 5.69. The molecule has 0 radical (unpaired) electrons. The number of benzene rings is 1. The van der Waals surface area contributed by atoms with Crippen LogP contribution < -0.4 is 14.9 Å². The van der Waals surface area contributed by atoms with E-state index in [0.717, 1.165) is 29.1 Å². The molecule has 0 aliphatic carbocycles. The number of anilines is 1. The van der Waals surface area contributed by atoms with Crippen LogP contribution in [-0.2, 0) is 23.0 Å².